The first-order valence-corrected chi connectivity index (χ1v) is 16.8. The van der Waals surface area contributed by atoms with Gasteiger partial charge in [-0.3, -0.25) is 23.6 Å². The quantitative estimate of drug-likeness (QED) is 0.0710. The van der Waals surface area contributed by atoms with Crippen LogP contribution in [0.1, 0.15) is 43.7 Å². The van der Waals surface area contributed by atoms with Crippen molar-refractivity contribution in [2.75, 3.05) is 25.6 Å². The molecule has 2 rings (SSSR count). The molecule has 0 aliphatic carbocycles. The largest absolute Gasteiger partial charge is 0.508 e. The molecule has 0 aliphatic rings. The standard InChI is InChI=1S/C32H46N6O7S/c1-21(34)35-26(19-23-12-14-24(39)15-13-23)30(41)36-25(16-18-46(3)45)29(40)37-27(20-22-9-5-4-6-10-22)31(42)38(2)28(32(43)44)11-7-8-17-33/h4-6,9-10,12-15,25-28,39H,7-8,11,16-20,33H2,1-3H3,(H2,34,35)(H,36,41)(H,37,40)(H,43,44)/t25-,26+,27+,28+,46?/m1/s1. The van der Waals surface area contributed by atoms with Gasteiger partial charge in [0.1, 0.15) is 29.9 Å². The van der Waals surface area contributed by atoms with Gasteiger partial charge < -0.3 is 37.2 Å². The molecular formula is C32H46N6O7S. The van der Waals surface area contributed by atoms with Crippen molar-refractivity contribution in [3.05, 3.63) is 65.7 Å². The molecule has 13 nitrogen and oxygen atoms in total. The molecule has 3 amide bonds. The van der Waals surface area contributed by atoms with E-state index in [1.807, 2.05) is 0 Å². The molecule has 252 valence electrons. The Morgan fingerprint density at radius 2 is 1.52 bits per heavy atom. The van der Waals surface area contributed by atoms with Crippen molar-refractivity contribution in [2.24, 2.45) is 16.5 Å². The SMILES string of the molecule is CC(N)=N[C@@H](Cc1ccc(O)cc1)C(=O)N[C@H](CCS(C)=O)C(=O)N[C@@H](Cc1ccccc1)C(=O)N(C)[C@@H](CCCCN)C(=O)O. The average Bonchev–Trinajstić information content (AvgIpc) is 3.01. The Hall–Kier alpha value is -4.30. The zero-order valence-electron chi connectivity index (χ0n) is 26.6. The number of nitrogens with two attached hydrogens (primary N) is 2. The molecule has 0 radical (unpaired) electrons. The van der Waals surface area contributed by atoms with Crippen LogP contribution in [-0.2, 0) is 42.8 Å². The molecule has 0 spiro atoms. The number of rotatable bonds is 19. The number of likely N-dealkylation sites (N-methyl/N-ethyl adjacent to an activating group) is 1. The van der Waals surface area contributed by atoms with E-state index in [0.717, 1.165) is 10.5 Å². The molecule has 0 aromatic heterocycles. The fourth-order valence-electron chi connectivity index (χ4n) is 4.81. The summed E-state index contributed by atoms with van der Waals surface area (Å²) in [6.07, 6.45) is 2.93. The van der Waals surface area contributed by atoms with Crippen molar-refractivity contribution in [1.82, 2.24) is 15.5 Å². The predicted octanol–water partition coefficient (Wildman–Crippen LogP) is 0.702. The summed E-state index contributed by atoms with van der Waals surface area (Å²) in [5, 5.41) is 24.9. The van der Waals surface area contributed by atoms with E-state index in [1.54, 1.807) is 42.5 Å². The fraction of sp³-hybridized carbons (Fsp3) is 0.469. The minimum Gasteiger partial charge on any atom is -0.508 e. The van der Waals surface area contributed by atoms with Crippen LogP contribution in [0.3, 0.4) is 0 Å². The molecule has 46 heavy (non-hydrogen) atoms. The molecule has 0 bridgehead atoms. The molecular weight excluding hydrogens is 612 g/mol. The summed E-state index contributed by atoms with van der Waals surface area (Å²) < 4.78 is 12.0. The number of phenols is 1. The predicted molar refractivity (Wildman–Crippen MR) is 178 cm³/mol. The van der Waals surface area contributed by atoms with Gasteiger partial charge in [0, 0.05) is 42.7 Å². The van der Waals surface area contributed by atoms with Crippen molar-refractivity contribution in [3.63, 3.8) is 0 Å². The van der Waals surface area contributed by atoms with Gasteiger partial charge in [0.25, 0.3) is 0 Å². The highest BCUT2D eigenvalue weighted by atomic mass is 32.2. The van der Waals surface area contributed by atoms with Gasteiger partial charge in [0.2, 0.25) is 17.7 Å². The van der Waals surface area contributed by atoms with Crippen molar-refractivity contribution in [2.45, 2.75) is 69.6 Å². The van der Waals surface area contributed by atoms with E-state index in [0.29, 0.717) is 24.9 Å². The summed E-state index contributed by atoms with van der Waals surface area (Å²) in [7, 11) is 0.0842. The molecule has 0 saturated carbocycles. The van der Waals surface area contributed by atoms with E-state index in [9.17, 15) is 33.6 Å². The molecule has 1 unspecified atom stereocenters. The lowest BCUT2D eigenvalue weighted by Crippen LogP contribution is -2.57. The summed E-state index contributed by atoms with van der Waals surface area (Å²) >= 11 is 0. The summed E-state index contributed by atoms with van der Waals surface area (Å²) in [5.41, 5.74) is 12.8. The topological polar surface area (TPSA) is 218 Å². The van der Waals surface area contributed by atoms with Crippen molar-refractivity contribution in [3.8, 4) is 5.75 Å². The van der Waals surface area contributed by atoms with Crippen LogP contribution in [0, 0.1) is 0 Å². The van der Waals surface area contributed by atoms with Crippen molar-refractivity contribution >= 4 is 40.3 Å². The number of unbranched alkanes of at least 4 members (excludes halogenated alkanes) is 1. The molecule has 8 N–H and O–H groups in total. The Bertz CT molecular complexity index is 1350. The van der Waals surface area contributed by atoms with Crippen molar-refractivity contribution in [1.29, 1.82) is 0 Å². The number of aromatic hydroxyl groups is 1. The Morgan fingerprint density at radius 3 is 2.09 bits per heavy atom. The minimum absolute atomic E-state index is 0.00311. The fourth-order valence-corrected chi connectivity index (χ4v) is 5.37. The normalized spacial score (nSPS) is 14.7. The van der Waals surface area contributed by atoms with Crippen LogP contribution in [0.15, 0.2) is 59.6 Å². The lowest BCUT2D eigenvalue weighted by molar-refractivity contribution is -0.150. The average molecular weight is 659 g/mol. The number of aliphatic carboxylic acids is 1. The first kappa shape index (κ1) is 37.9. The summed E-state index contributed by atoms with van der Waals surface area (Å²) in [6, 6.07) is 10.6. The number of aliphatic imine (C=N–C) groups is 1. The Morgan fingerprint density at radius 1 is 0.913 bits per heavy atom. The second-order valence-corrected chi connectivity index (χ2v) is 12.7. The highest BCUT2D eigenvalue weighted by Gasteiger charge is 2.34. The van der Waals surface area contributed by atoms with Gasteiger partial charge in [0.05, 0.1) is 5.84 Å². The number of phenolic OH excluding ortho intramolecular Hbond substituents is 1. The summed E-state index contributed by atoms with van der Waals surface area (Å²) in [4.78, 5) is 58.5. The number of amides is 3. The van der Waals surface area contributed by atoms with Crippen LogP contribution in [0.5, 0.6) is 5.75 Å². The van der Waals surface area contributed by atoms with Crippen LogP contribution < -0.4 is 22.1 Å². The third kappa shape index (κ3) is 13.0. The highest BCUT2D eigenvalue weighted by molar-refractivity contribution is 7.84. The number of hydrogen-bond acceptors (Lipinski definition) is 8. The van der Waals surface area contributed by atoms with Gasteiger partial charge in [0.15, 0.2) is 0 Å². The maximum absolute atomic E-state index is 13.8. The van der Waals surface area contributed by atoms with Gasteiger partial charge in [-0.1, -0.05) is 42.5 Å². The van der Waals surface area contributed by atoms with E-state index < -0.39 is 58.7 Å². The van der Waals surface area contributed by atoms with Crippen LogP contribution in [0.2, 0.25) is 0 Å². The maximum atomic E-state index is 13.8. The molecule has 2 aromatic carbocycles. The molecule has 14 heteroatoms. The van der Waals surface area contributed by atoms with Crippen LogP contribution in [0.25, 0.3) is 0 Å². The molecule has 0 fully saturated rings. The van der Waals surface area contributed by atoms with Gasteiger partial charge in [-0.05, 0) is 62.4 Å². The van der Waals surface area contributed by atoms with Gasteiger partial charge in [-0.2, -0.15) is 0 Å². The Balaban J connectivity index is 2.36. The van der Waals surface area contributed by atoms with Gasteiger partial charge in [-0.25, -0.2) is 4.79 Å². The zero-order chi connectivity index (χ0) is 34.2. The van der Waals surface area contributed by atoms with E-state index in [-0.39, 0.29) is 43.0 Å². The first-order chi connectivity index (χ1) is 21.8. The first-order valence-electron chi connectivity index (χ1n) is 15.0. The van der Waals surface area contributed by atoms with Crippen LogP contribution >= 0.6 is 0 Å². The molecule has 0 aliphatic heterocycles. The highest BCUT2D eigenvalue weighted by Crippen LogP contribution is 2.15. The van der Waals surface area contributed by atoms with Gasteiger partial charge in [-0.15, -0.1) is 0 Å². The number of carboxylic acid groups (broad SMARTS) is 1. The third-order valence-electron chi connectivity index (χ3n) is 7.28. The number of nitrogens with one attached hydrogen (secondary N) is 2. The number of carbonyl (C=O) groups is 4. The lowest BCUT2D eigenvalue weighted by atomic mass is 10.0. The Labute approximate surface area is 272 Å². The Kier molecular flexibility index (Phi) is 15.9. The third-order valence-corrected chi connectivity index (χ3v) is 8.09. The van der Waals surface area contributed by atoms with E-state index >= 15 is 0 Å². The second-order valence-electron chi connectivity index (χ2n) is 11.1. The number of hydrogen-bond donors (Lipinski definition) is 6. The number of benzene rings is 2. The smallest absolute Gasteiger partial charge is 0.326 e. The van der Waals surface area contributed by atoms with E-state index in [2.05, 4.69) is 15.6 Å². The van der Waals surface area contributed by atoms with Crippen molar-refractivity contribution < 1.29 is 33.6 Å². The summed E-state index contributed by atoms with van der Waals surface area (Å²) in [6.45, 7) is 1.91. The van der Waals surface area contributed by atoms with E-state index in [4.69, 9.17) is 11.5 Å². The van der Waals surface area contributed by atoms with Gasteiger partial charge >= 0.3 is 5.97 Å². The molecule has 0 heterocycles. The lowest BCUT2D eigenvalue weighted by Gasteiger charge is -2.30. The maximum Gasteiger partial charge on any atom is 0.326 e. The number of carbonyl (C=O) groups excluding carboxylic acids is 3. The van der Waals surface area contributed by atoms with E-state index in [1.165, 1.54) is 32.4 Å². The molecule has 0 saturated heterocycles. The summed E-state index contributed by atoms with van der Waals surface area (Å²) in [5.74, 6) is -2.82. The number of nitrogens with zero attached hydrogens (tertiary/aromatic N) is 2. The second kappa shape index (κ2) is 19.3. The number of amidine groups is 1. The molecule has 2 aromatic rings. The monoisotopic (exact) mass is 658 g/mol. The zero-order valence-corrected chi connectivity index (χ0v) is 27.4. The minimum atomic E-state index is -1.30. The number of carboxylic acids is 1. The molecule has 5 atom stereocenters. The van der Waals surface area contributed by atoms with Crippen LogP contribution in [-0.4, -0.2) is 98.6 Å². The van der Waals surface area contributed by atoms with Crippen LogP contribution in [0.4, 0.5) is 0 Å².